The number of aryl methyl sites for hydroxylation is 3. The minimum Gasteiger partial charge on any atom is -0.493 e. The second-order valence-corrected chi connectivity index (χ2v) is 7.64. The van der Waals surface area contributed by atoms with Gasteiger partial charge in [0.25, 0.3) is 0 Å². The molecule has 0 aliphatic rings. The van der Waals surface area contributed by atoms with Crippen LogP contribution < -0.4 is 20.2 Å². The van der Waals surface area contributed by atoms with Crippen LogP contribution in [0, 0.1) is 20.8 Å². The average molecular weight is 446 g/mol. The molecule has 0 radical (unpaired) electrons. The molecule has 0 atom stereocenters. The van der Waals surface area contributed by atoms with E-state index in [0.717, 1.165) is 16.7 Å². The van der Waals surface area contributed by atoms with Gasteiger partial charge in [0.15, 0.2) is 11.5 Å². The van der Waals surface area contributed by atoms with E-state index >= 15 is 0 Å². The maximum absolute atomic E-state index is 12.1. The number of rotatable bonds is 7. The summed E-state index contributed by atoms with van der Waals surface area (Å²) in [6.45, 7) is 6.35. The van der Waals surface area contributed by atoms with Gasteiger partial charge in [-0.25, -0.2) is 5.43 Å². The van der Waals surface area contributed by atoms with Gasteiger partial charge in [-0.15, -0.1) is 0 Å². The van der Waals surface area contributed by atoms with Gasteiger partial charge in [0.1, 0.15) is 6.61 Å². The molecular weight excluding hydrogens is 418 g/mol. The zero-order chi connectivity index (χ0) is 23.8. The lowest BCUT2D eigenvalue weighted by atomic mass is 10.1. The second kappa shape index (κ2) is 10.9. The monoisotopic (exact) mass is 445 g/mol. The minimum atomic E-state index is -0.866. The van der Waals surface area contributed by atoms with E-state index < -0.39 is 11.8 Å². The first-order chi connectivity index (χ1) is 15.9. The number of carbonyl (C=O) groups excluding carboxylic acids is 2. The fourth-order valence-electron chi connectivity index (χ4n) is 2.95. The molecule has 0 fully saturated rings. The van der Waals surface area contributed by atoms with Crippen molar-refractivity contribution in [3.05, 3.63) is 88.5 Å². The van der Waals surface area contributed by atoms with E-state index in [0.29, 0.717) is 29.4 Å². The number of anilines is 1. The first kappa shape index (κ1) is 23.5. The van der Waals surface area contributed by atoms with Gasteiger partial charge in [-0.05, 0) is 73.4 Å². The Balaban J connectivity index is 1.56. The molecule has 0 spiro atoms. The number of carbonyl (C=O) groups is 2. The standard InChI is InChI=1S/C26H27N3O4/c1-17-5-8-20(9-6-17)16-33-23-12-10-21(14-24(23)32-4)15-27-29-26(31)25(30)28-22-11-7-18(2)19(3)13-22/h5-15H,16H2,1-4H3,(H,28,30)(H,29,31)/b27-15+. The fraction of sp³-hybridized carbons (Fsp3) is 0.192. The number of hydrazone groups is 1. The van der Waals surface area contributed by atoms with Gasteiger partial charge in [-0.2, -0.15) is 5.10 Å². The van der Waals surface area contributed by atoms with E-state index in [2.05, 4.69) is 15.8 Å². The molecule has 0 aliphatic carbocycles. The molecule has 0 saturated heterocycles. The highest BCUT2D eigenvalue weighted by Crippen LogP contribution is 2.28. The SMILES string of the molecule is COc1cc(/C=N/NC(=O)C(=O)Nc2ccc(C)c(C)c2)ccc1OCc1ccc(C)cc1. The summed E-state index contributed by atoms with van der Waals surface area (Å²) in [7, 11) is 1.55. The molecule has 0 bridgehead atoms. The van der Waals surface area contributed by atoms with Crippen molar-refractivity contribution in [2.75, 3.05) is 12.4 Å². The minimum absolute atomic E-state index is 0.412. The molecule has 7 nitrogen and oxygen atoms in total. The Labute approximate surface area is 193 Å². The van der Waals surface area contributed by atoms with Crippen LogP contribution in [0.1, 0.15) is 27.8 Å². The number of hydrogen-bond donors (Lipinski definition) is 2. The van der Waals surface area contributed by atoms with Gasteiger partial charge >= 0.3 is 11.8 Å². The van der Waals surface area contributed by atoms with Crippen molar-refractivity contribution in [2.45, 2.75) is 27.4 Å². The quantitative estimate of drug-likeness (QED) is 0.323. The third-order valence-electron chi connectivity index (χ3n) is 5.05. The summed E-state index contributed by atoms with van der Waals surface area (Å²) in [5.74, 6) is -0.542. The van der Waals surface area contributed by atoms with Crippen molar-refractivity contribution in [3.63, 3.8) is 0 Å². The van der Waals surface area contributed by atoms with Crippen LogP contribution in [-0.4, -0.2) is 25.1 Å². The van der Waals surface area contributed by atoms with E-state index in [-0.39, 0.29) is 0 Å². The first-order valence-electron chi connectivity index (χ1n) is 10.4. The summed E-state index contributed by atoms with van der Waals surface area (Å²) in [5, 5.41) is 6.41. The summed E-state index contributed by atoms with van der Waals surface area (Å²) in [6.07, 6.45) is 1.42. The lowest BCUT2D eigenvalue weighted by Crippen LogP contribution is -2.32. The summed E-state index contributed by atoms with van der Waals surface area (Å²) < 4.78 is 11.3. The van der Waals surface area contributed by atoms with E-state index in [1.165, 1.54) is 11.8 Å². The molecular formula is C26H27N3O4. The van der Waals surface area contributed by atoms with E-state index in [1.807, 2.05) is 51.1 Å². The molecule has 33 heavy (non-hydrogen) atoms. The highest BCUT2D eigenvalue weighted by molar-refractivity contribution is 6.39. The predicted molar refractivity (Wildman–Crippen MR) is 129 cm³/mol. The smallest absolute Gasteiger partial charge is 0.329 e. The van der Waals surface area contributed by atoms with E-state index in [9.17, 15) is 9.59 Å². The number of hydrogen-bond acceptors (Lipinski definition) is 5. The molecule has 0 heterocycles. The zero-order valence-electron chi connectivity index (χ0n) is 19.1. The van der Waals surface area contributed by atoms with Gasteiger partial charge in [-0.3, -0.25) is 9.59 Å². The lowest BCUT2D eigenvalue weighted by molar-refractivity contribution is -0.136. The van der Waals surface area contributed by atoms with Crippen LogP contribution in [0.15, 0.2) is 65.8 Å². The lowest BCUT2D eigenvalue weighted by Gasteiger charge is -2.11. The normalized spacial score (nSPS) is 10.7. The summed E-state index contributed by atoms with van der Waals surface area (Å²) in [5.41, 5.74) is 7.81. The highest BCUT2D eigenvalue weighted by atomic mass is 16.5. The van der Waals surface area contributed by atoms with Gasteiger partial charge in [-0.1, -0.05) is 35.9 Å². The van der Waals surface area contributed by atoms with Crippen LogP contribution in [0.5, 0.6) is 11.5 Å². The molecule has 0 aromatic heterocycles. The third-order valence-corrected chi connectivity index (χ3v) is 5.05. The Bertz CT molecular complexity index is 1170. The number of nitrogens with zero attached hydrogens (tertiary/aromatic N) is 1. The maximum Gasteiger partial charge on any atom is 0.329 e. The summed E-state index contributed by atoms with van der Waals surface area (Å²) in [6, 6.07) is 18.8. The molecule has 0 aliphatic heterocycles. The number of nitrogens with one attached hydrogen (secondary N) is 2. The van der Waals surface area contributed by atoms with Gasteiger partial charge in [0.2, 0.25) is 0 Å². The molecule has 0 unspecified atom stereocenters. The van der Waals surface area contributed by atoms with E-state index in [1.54, 1.807) is 37.4 Å². The first-order valence-corrected chi connectivity index (χ1v) is 10.4. The van der Waals surface area contributed by atoms with Gasteiger partial charge in [0.05, 0.1) is 13.3 Å². The topological polar surface area (TPSA) is 89.0 Å². The largest absolute Gasteiger partial charge is 0.493 e. The number of ether oxygens (including phenoxy) is 2. The van der Waals surface area contributed by atoms with Crippen LogP contribution in [-0.2, 0) is 16.2 Å². The predicted octanol–water partition coefficient (Wildman–Crippen LogP) is 4.29. The highest BCUT2D eigenvalue weighted by Gasteiger charge is 2.13. The average Bonchev–Trinajstić information content (AvgIpc) is 2.81. The maximum atomic E-state index is 12.1. The van der Waals surface area contributed by atoms with E-state index in [4.69, 9.17) is 9.47 Å². The molecule has 2 N–H and O–H groups in total. The van der Waals surface area contributed by atoms with Crippen molar-refractivity contribution < 1.29 is 19.1 Å². The molecule has 0 saturated carbocycles. The number of benzene rings is 3. The molecule has 7 heteroatoms. The van der Waals surface area contributed by atoms with Crippen molar-refractivity contribution in [3.8, 4) is 11.5 Å². The Kier molecular flexibility index (Phi) is 7.81. The Morgan fingerprint density at radius 1 is 0.879 bits per heavy atom. The third kappa shape index (κ3) is 6.67. The Hall–Kier alpha value is -4.13. The van der Waals surface area contributed by atoms with Crippen molar-refractivity contribution in [2.24, 2.45) is 5.10 Å². The molecule has 3 aromatic carbocycles. The molecule has 170 valence electrons. The Morgan fingerprint density at radius 2 is 1.64 bits per heavy atom. The van der Waals surface area contributed by atoms with Crippen molar-refractivity contribution in [1.82, 2.24) is 5.43 Å². The zero-order valence-corrected chi connectivity index (χ0v) is 19.1. The Morgan fingerprint density at radius 3 is 2.33 bits per heavy atom. The van der Waals surface area contributed by atoms with Crippen LogP contribution in [0.2, 0.25) is 0 Å². The number of methoxy groups -OCH3 is 1. The summed E-state index contributed by atoms with van der Waals surface area (Å²) in [4.78, 5) is 24.1. The van der Waals surface area contributed by atoms with Crippen LogP contribution in [0.25, 0.3) is 0 Å². The summed E-state index contributed by atoms with van der Waals surface area (Å²) >= 11 is 0. The number of amides is 2. The van der Waals surface area contributed by atoms with Gasteiger partial charge in [0, 0.05) is 5.69 Å². The second-order valence-electron chi connectivity index (χ2n) is 7.64. The van der Waals surface area contributed by atoms with Crippen LogP contribution in [0.4, 0.5) is 5.69 Å². The van der Waals surface area contributed by atoms with Crippen LogP contribution in [0.3, 0.4) is 0 Å². The van der Waals surface area contributed by atoms with Crippen molar-refractivity contribution >= 4 is 23.7 Å². The molecule has 2 amide bonds. The van der Waals surface area contributed by atoms with Crippen molar-refractivity contribution in [1.29, 1.82) is 0 Å². The molecule has 3 rings (SSSR count). The molecule has 3 aromatic rings. The van der Waals surface area contributed by atoms with Crippen LogP contribution >= 0.6 is 0 Å². The van der Waals surface area contributed by atoms with Gasteiger partial charge < -0.3 is 14.8 Å². The fourth-order valence-corrected chi connectivity index (χ4v) is 2.95.